The molecule has 0 aliphatic heterocycles. The molecule has 0 fully saturated rings. The molecule has 1 rings (SSSR count). The first kappa shape index (κ1) is 14.3. The highest BCUT2D eigenvalue weighted by atomic mass is 79.9. The third-order valence-corrected chi connectivity index (χ3v) is 3.43. The minimum Gasteiger partial charge on any atom is -0.310 e. The fraction of sp³-hybridized carbons (Fsp3) is 0.467. The number of halogens is 1. The summed E-state index contributed by atoms with van der Waals surface area (Å²) >= 11 is 3.63. The summed E-state index contributed by atoms with van der Waals surface area (Å²) in [6.45, 7) is 7.14. The van der Waals surface area contributed by atoms with Crippen molar-refractivity contribution in [1.82, 2.24) is 5.32 Å². The third-order valence-electron chi connectivity index (χ3n) is 2.71. The molecule has 1 atom stereocenters. The van der Waals surface area contributed by atoms with Crippen LogP contribution in [0.2, 0.25) is 0 Å². The zero-order valence-electron chi connectivity index (χ0n) is 10.8. The molecule has 0 heterocycles. The first-order valence-electron chi connectivity index (χ1n) is 6.08. The molecule has 0 amide bonds. The monoisotopic (exact) mass is 293 g/mol. The molecule has 0 aromatic heterocycles. The molecule has 0 radical (unpaired) electrons. The van der Waals surface area contributed by atoms with Gasteiger partial charge < -0.3 is 5.32 Å². The summed E-state index contributed by atoms with van der Waals surface area (Å²) in [5.41, 5.74) is 2.64. The Morgan fingerprint density at radius 2 is 2.18 bits per heavy atom. The van der Waals surface area contributed by atoms with Crippen molar-refractivity contribution in [2.24, 2.45) is 0 Å². The summed E-state index contributed by atoms with van der Waals surface area (Å²) in [6.07, 6.45) is 1.99. The molecule has 0 aliphatic carbocycles. The maximum Gasteiger partial charge on any atom is 0.0340 e. The molecular formula is C15H20BrN. The Morgan fingerprint density at radius 3 is 2.82 bits per heavy atom. The smallest absolute Gasteiger partial charge is 0.0340 e. The summed E-state index contributed by atoms with van der Waals surface area (Å²) in [6, 6.07) is 6.88. The van der Waals surface area contributed by atoms with Gasteiger partial charge in [0, 0.05) is 16.9 Å². The Balaban J connectivity index is 2.86. The van der Waals surface area contributed by atoms with Crippen LogP contribution in [0.15, 0.2) is 22.7 Å². The van der Waals surface area contributed by atoms with Crippen molar-refractivity contribution in [2.45, 2.75) is 39.7 Å². The van der Waals surface area contributed by atoms with Gasteiger partial charge in [-0.25, -0.2) is 0 Å². The van der Waals surface area contributed by atoms with Gasteiger partial charge in [0.2, 0.25) is 0 Å². The van der Waals surface area contributed by atoms with E-state index in [4.69, 9.17) is 0 Å². The molecule has 0 bridgehead atoms. The average molecular weight is 294 g/mol. The molecular weight excluding hydrogens is 274 g/mol. The van der Waals surface area contributed by atoms with Crippen LogP contribution in [0.5, 0.6) is 0 Å². The minimum atomic E-state index is 0.384. The van der Waals surface area contributed by atoms with E-state index in [9.17, 15) is 0 Å². The number of rotatable bonds is 5. The minimum absolute atomic E-state index is 0.384. The Morgan fingerprint density at radius 1 is 1.41 bits per heavy atom. The fourth-order valence-electron chi connectivity index (χ4n) is 1.89. The number of hydrogen-bond acceptors (Lipinski definition) is 1. The number of hydrogen-bond donors (Lipinski definition) is 1. The molecule has 0 saturated carbocycles. The van der Waals surface area contributed by atoms with Crippen LogP contribution in [0.3, 0.4) is 0 Å². The van der Waals surface area contributed by atoms with Crippen molar-refractivity contribution < 1.29 is 0 Å². The standard InChI is InChI=1S/C15H20BrN/c1-4-6-7-8-15(17-5-2)13-11-12(3)9-10-14(13)16/h9-11,15,17H,5,7-8H2,1-3H3. The second-order valence-electron chi connectivity index (χ2n) is 4.10. The normalized spacial score (nSPS) is 11.8. The van der Waals surface area contributed by atoms with Crippen LogP contribution in [0.25, 0.3) is 0 Å². The van der Waals surface area contributed by atoms with Gasteiger partial charge in [-0.1, -0.05) is 40.5 Å². The van der Waals surface area contributed by atoms with Crippen LogP contribution < -0.4 is 5.32 Å². The third kappa shape index (κ3) is 4.53. The van der Waals surface area contributed by atoms with Gasteiger partial charge >= 0.3 is 0 Å². The molecule has 0 aliphatic rings. The first-order valence-corrected chi connectivity index (χ1v) is 6.87. The fourth-order valence-corrected chi connectivity index (χ4v) is 2.41. The van der Waals surface area contributed by atoms with Crippen LogP contribution in [0, 0.1) is 18.8 Å². The van der Waals surface area contributed by atoms with E-state index in [1.807, 2.05) is 6.92 Å². The van der Waals surface area contributed by atoms with Crippen molar-refractivity contribution >= 4 is 15.9 Å². The predicted octanol–water partition coefficient (Wildman–Crippen LogP) is 4.21. The summed E-state index contributed by atoms with van der Waals surface area (Å²) in [7, 11) is 0. The summed E-state index contributed by atoms with van der Waals surface area (Å²) in [4.78, 5) is 0. The Kier molecular flexibility index (Phi) is 6.32. The van der Waals surface area contributed by atoms with Gasteiger partial charge in [0.15, 0.2) is 0 Å². The molecule has 0 spiro atoms. The molecule has 17 heavy (non-hydrogen) atoms. The van der Waals surface area contributed by atoms with E-state index in [1.165, 1.54) is 15.6 Å². The van der Waals surface area contributed by atoms with E-state index >= 15 is 0 Å². The number of benzene rings is 1. The van der Waals surface area contributed by atoms with Crippen LogP contribution in [-0.2, 0) is 0 Å². The maximum atomic E-state index is 3.63. The van der Waals surface area contributed by atoms with E-state index in [0.717, 1.165) is 19.4 Å². The highest BCUT2D eigenvalue weighted by molar-refractivity contribution is 9.10. The number of aryl methyl sites for hydroxylation is 1. The van der Waals surface area contributed by atoms with Gasteiger partial charge in [0.05, 0.1) is 0 Å². The first-order chi connectivity index (χ1) is 8.19. The summed E-state index contributed by atoms with van der Waals surface area (Å²) < 4.78 is 1.18. The summed E-state index contributed by atoms with van der Waals surface area (Å²) in [5.74, 6) is 6.09. The lowest BCUT2D eigenvalue weighted by Gasteiger charge is -2.19. The predicted molar refractivity (Wildman–Crippen MR) is 78.0 cm³/mol. The Labute approximate surface area is 113 Å². The van der Waals surface area contributed by atoms with Gasteiger partial charge in [-0.3, -0.25) is 0 Å². The van der Waals surface area contributed by atoms with Crippen molar-refractivity contribution in [3.8, 4) is 11.8 Å². The SMILES string of the molecule is CC#CCCC(NCC)c1cc(C)ccc1Br. The van der Waals surface area contributed by atoms with Crippen molar-refractivity contribution in [1.29, 1.82) is 0 Å². The molecule has 0 saturated heterocycles. The van der Waals surface area contributed by atoms with E-state index in [1.54, 1.807) is 0 Å². The molecule has 92 valence electrons. The number of nitrogens with one attached hydrogen (secondary N) is 1. The van der Waals surface area contributed by atoms with Crippen molar-refractivity contribution in [3.05, 3.63) is 33.8 Å². The van der Waals surface area contributed by atoms with Crippen LogP contribution in [-0.4, -0.2) is 6.54 Å². The molecule has 1 nitrogen and oxygen atoms in total. The maximum absolute atomic E-state index is 3.63. The van der Waals surface area contributed by atoms with Gasteiger partial charge in [0.1, 0.15) is 0 Å². The quantitative estimate of drug-likeness (QED) is 0.802. The topological polar surface area (TPSA) is 12.0 Å². The van der Waals surface area contributed by atoms with Gasteiger partial charge in [-0.2, -0.15) is 0 Å². The zero-order valence-corrected chi connectivity index (χ0v) is 12.4. The highest BCUT2D eigenvalue weighted by Gasteiger charge is 2.12. The average Bonchev–Trinajstić information content (AvgIpc) is 2.32. The molecule has 1 aromatic rings. The molecule has 1 N–H and O–H groups in total. The van der Waals surface area contributed by atoms with Crippen molar-refractivity contribution in [2.75, 3.05) is 6.54 Å². The lowest BCUT2D eigenvalue weighted by molar-refractivity contribution is 0.520. The Hall–Kier alpha value is -0.780. The van der Waals surface area contributed by atoms with Crippen LogP contribution in [0.4, 0.5) is 0 Å². The Bertz CT molecular complexity index is 415. The van der Waals surface area contributed by atoms with Crippen molar-refractivity contribution in [3.63, 3.8) is 0 Å². The lowest BCUT2D eigenvalue weighted by Crippen LogP contribution is -2.21. The second kappa shape index (κ2) is 7.53. The van der Waals surface area contributed by atoms with Gasteiger partial charge in [0.25, 0.3) is 0 Å². The van der Waals surface area contributed by atoms with Gasteiger partial charge in [-0.15, -0.1) is 11.8 Å². The zero-order chi connectivity index (χ0) is 12.7. The van der Waals surface area contributed by atoms with Crippen LogP contribution in [0.1, 0.15) is 43.9 Å². The highest BCUT2D eigenvalue weighted by Crippen LogP contribution is 2.27. The van der Waals surface area contributed by atoms with E-state index < -0.39 is 0 Å². The summed E-state index contributed by atoms with van der Waals surface area (Å²) in [5, 5.41) is 3.53. The van der Waals surface area contributed by atoms with E-state index in [-0.39, 0.29) is 0 Å². The molecule has 1 aromatic carbocycles. The van der Waals surface area contributed by atoms with Gasteiger partial charge in [-0.05, 0) is 38.4 Å². The lowest BCUT2D eigenvalue weighted by atomic mass is 10.00. The van der Waals surface area contributed by atoms with Crippen LogP contribution >= 0.6 is 15.9 Å². The second-order valence-corrected chi connectivity index (χ2v) is 4.96. The van der Waals surface area contributed by atoms with E-state index in [0.29, 0.717) is 6.04 Å². The molecule has 2 heteroatoms. The van der Waals surface area contributed by atoms with E-state index in [2.05, 4.69) is 65.1 Å². The largest absolute Gasteiger partial charge is 0.310 e. The molecule has 1 unspecified atom stereocenters.